The first-order chi connectivity index (χ1) is 11.9. The van der Waals surface area contributed by atoms with Crippen molar-refractivity contribution in [2.45, 2.75) is 64.3 Å². The van der Waals surface area contributed by atoms with Crippen LogP contribution in [0.15, 0.2) is 18.2 Å². The number of rotatable bonds is 3. The van der Waals surface area contributed by atoms with Crippen LogP contribution >= 0.6 is 11.6 Å². The van der Waals surface area contributed by atoms with Gasteiger partial charge < -0.3 is 10.6 Å². The molecule has 1 heterocycles. The molecule has 136 valence electrons. The number of ketones is 1. The lowest BCUT2D eigenvalue weighted by Crippen LogP contribution is -2.44. The number of nitrogens with one attached hydrogen (secondary N) is 2. The van der Waals surface area contributed by atoms with Crippen molar-refractivity contribution < 1.29 is 4.79 Å². The standard InChI is InChI=1S/C21H29ClN2O/c1-21(2)13-15-10-17(22)19(23-3)11-16(15)18(24-21)12-20(25)14-8-6-4-5-7-9-14/h10-12,14,23-24H,4-9,13H2,1-3H3. The topological polar surface area (TPSA) is 41.1 Å². The third kappa shape index (κ3) is 4.20. The van der Waals surface area contributed by atoms with Gasteiger partial charge in [-0.05, 0) is 50.8 Å². The number of carbonyl (C=O) groups excluding carboxylic acids is 1. The van der Waals surface area contributed by atoms with Crippen LogP contribution in [0.2, 0.25) is 5.02 Å². The number of hydrogen-bond donors (Lipinski definition) is 2. The van der Waals surface area contributed by atoms with Crippen molar-refractivity contribution in [3.05, 3.63) is 34.4 Å². The van der Waals surface area contributed by atoms with Gasteiger partial charge in [0, 0.05) is 35.8 Å². The van der Waals surface area contributed by atoms with Gasteiger partial charge in [-0.15, -0.1) is 0 Å². The van der Waals surface area contributed by atoms with Crippen molar-refractivity contribution in [1.82, 2.24) is 5.32 Å². The van der Waals surface area contributed by atoms with Gasteiger partial charge in [0.25, 0.3) is 0 Å². The van der Waals surface area contributed by atoms with Crippen LogP contribution in [0.25, 0.3) is 5.70 Å². The predicted molar refractivity (Wildman–Crippen MR) is 106 cm³/mol. The largest absolute Gasteiger partial charge is 0.387 e. The third-order valence-corrected chi connectivity index (χ3v) is 5.71. The van der Waals surface area contributed by atoms with Crippen LogP contribution in [0.3, 0.4) is 0 Å². The number of anilines is 1. The van der Waals surface area contributed by atoms with Gasteiger partial charge in [0.2, 0.25) is 0 Å². The van der Waals surface area contributed by atoms with E-state index >= 15 is 0 Å². The number of halogens is 1. The lowest BCUT2D eigenvalue weighted by molar-refractivity contribution is -0.118. The van der Waals surface area contributed by atoms with Gasteiger partial charge in [0.1, 0.15) is 0 Å². The fourth-order valence-corrected chi connectivity index (χ4v) is 4.37. The number of allylic oxidation sites excluding steroid dienone is 1. The predicted octanol–water partition coefficient (Wildman–Crippen LogP) is 5.19. The average molecular weight is 361 g/mol. The maximum Gasteiger partial charge on any atom is 0.160 e. The first-order valence-corrected chi connectivity index (χ1v) is 9.82. The van der Waals surface area contributed by atoms with Crippen LogP contribution < -0.4 is 10.6 Å². The summed E-state index contributed by atoms with van der Waals surface area (Å²) in [7, 11) is 1.87. The maximum atomic E-state index is 12.9. The fourth-order valence-electron chi connectivity index (χ4n) is 4.09. The highest BCUT2D eigenvalue weighted by Crippen LogP contribution is 2.36. The molecule has 2 N–H and O–H groups in total. The van der Waals surface area contributed by atoms with Gasteiger partial charge in [-0.3, -0.25) is 4.79 Å². The second kappa shape index (κ2) is 7.41. The molecule has 3 rings (SSSR count). The number of carbonyl (C=O) groups is 1. The maximum absolute atomic E-state index is 12.9. The van der Waals surface area contributed by atoms with Crippen LogP contribution in [0.4, 0.5) is 5.69 Å². The monoisotopic (exact) mass is 360 g/mol. The second-order valence-electron chi connectivity index (χ2n) is 8.07. The van der Waals surface area contributed by atoms with Crippen LogP contribution in [-0.2, 0) is 11.2 Å². The first kappa shape index (κ1) is 18.3. The van der Waals surface area contributed by atoms with Crippen LogP contribution in [0.1, 0.15) is 63.5 Å². The van der Waals surface area contributed by atoms with E-state index in [1.807, 2.05) is 19.2 Å². The molecule has 0 bridgehead atoms. The number of fused-ring (bicyclic) bond motifs is 1. The zero-order chi connectivity index (χ0) is 18.0. The SMILES string of the molecule is CNc1cc2c(cc1Cl)CC(C)(C)NC2=CC(=O)C1CCCCCC1. The summed E-state index contributed by atoms with van der Waals surface area (Å²) < 4.78 is 0. The van der Waals surface area contributed by atoms with Crippen molar-refractivity contribution >= 4 is 28.8 Å². The molecule has 25 heavy (non-hydrogen) atoms. The Balaban J connectivity index is 1.96. The van der Waals surface area contributed by atoms with Gasteiger partial charge in [0.05, 0.1) is 10.7 Å². The van der Waals surface area contributed by atoms with E-state index in [1.165, 1.54) is 31.2 Å². The van der Waals surface area contributed by atoms with Crippen molar-refractivity contribution in [1.29, 1.82) is 0 Å². The fraction of sp³-hybridized carbons (Fsp3) is 0.571. The Bertz CT molecular complexity index is 685. The average Bonchev–Trinajstić information content (AvgIpc) is 2.82. The highest BCUT2D eigenvalue weighted by molar-refractivity contribution is 6.33. The Hall–Kier alpha value is -1.48. The summed E-state index contributed by atoms with van der Waals surface area (Å²) in [4.78, 5) is 12.9. The molecule has 0 amide bonds. The van der Waals surface area contributed by atoms with E-state index in [0.717, 1.165) is 41.2 Å². The number of hydrogen-bond acceptors (Lipinski definition) is 3. The molecule has 0 spiro atoms. The summed E-state index contributed by atoms with van der Waals surface area (Å²) in [5.74, 6) is 0.454. The molecule has 3 nitrogen and oxygen atoms in total. The lowest BCUT2D eigenvalue weighted by Gasteiger charge is -2.36. The summed E-state index contributed by atoms with van der Waals surface area (Å²) in [6, 6.07) is 4.10. The smallest absolute Gasteiger partial charge is 0.160 e. The molecule has 1 fully saturated rings. The van der Waals surface area contributed by atoms with Crippen LogP contribution in [-0.4, -0.2) is 18.4 Å². The molecule has 0 radical (unpaired) electrons. The van der Waals surface area contributed by atoms with Crippen LogP contribution in [0, 0.1) is 5.92 Å². The van der Waals surface area contributed by atoms with E-state index in [1.54, 1.807) is 0 Å². The molecule has 4 heteroatoms. The van der Waals surface area contributed by atoms with E-state index in [4.69, 9.17) is 11.6 Å². The van der Waals surface area contributed by atoms with Crippen molar-refractivity contribution in [2.24, 2.45) is 5.92 Å². The Labute approximate surface area is 156 Å². The third-order valence-electron chi connectivity index (χ3n) is 5.40. The molecule has 1 aromatic rings. The normalized spacial score (nSPS) is 22.0. The molecule has 1 aliphatic heterocycles. The molecule has 0 unspecified atom stereocenters. The van der Waals surface area contributed by atoms with Crippen molar-refractivity contribution in [3.63, 3.8) is 0 Å². The Morgan fingerprint density at radius 1 is 1.24 bits per heavy atom. The van der Waals surface area contributed by atoms with Gasteiger partial charge in [-0.2, -0.15) is 0 Å². The molecule has 0 atom stereocenters. The summed E-state index contributed by atoms with van der Waals surface area (Å²) >= 11 is 6.38. The summed E-state index contributed by atoms with van der Waals surface area (Å²) in [6.45, 7) is 4.33. The lowest BCUT2D eigenvalue weighted by atomic mass is 9.84. The summed E-state index contributed by atoms with van der Waals surface area (Å²) in [5, 5.41) is 7.44. The van der Waals surface area contributed by atoms with Gasteiger partial charge in [-0.25, -0.2) is 0 Å². The van der Waals surface area contributed by atoms with Gasteiger partial charge in [0.15, 0.2) is 5.78 Å². The van der Waals surface area contributed by atoms with Crippen molar-refractivity contribution in [2.75, 3.05) is 12.4 Å². The zero-order valence-corrected chi connectivity index (χ0v) is 16.3. The Morgan fingerprint density at radius 3 is 2.56 bits per heavy atom. The molecule has 0 saturated heterocycles. The van der Waals surface area contributed by atoms with E-state index in [2.05, 4.69) is 30.5 Å². The van der Waals surface area contributed by atoms with Gasteiger partial charge >= 0.3 is 0 Å². The second-order valence-corrected chi connectivity index (χ2v) is 8.48. The van der Waals surface area contributed by atoms with E-state index < -0.39 is 0 Å². The van der Waals surface area contributed by atoms with Crippen molar-refractivity contribution in [3.8, 4) is 0 Å². The molecule has 1 aliphatic carbocycles. The Morgan fingerprint density at radius 2 is 1.92 bits per heavy atom. The molecular weight excluding hydrogens is 332 g/mol. The molecule has 0 aromatic heterocycles. The van der Waals surface area contributed by atoms with E-state index in [9.17, 15) is 4.79 Å². The molecular formula is C21H29ClN2O. The summed E-state index contributed by atoms with van der Waals surface area (Å²) in [6.07, 6.45) is 9.67. The van der Waals surface area contributed by atoms with E-state index in [0.29, 0.717) is 0 Å². The quantitative estimate of drug-likeness (QED) is 0.576. The van der Waals surface area contributed by atoms with Gasteiger partial charge in [-0.1, -0.05) is 37.3 Å². The van der Waals surface area contributed by atoms with E-state index in [-0.39, 0.29) is 17.2 Å². The molecule has 2 aliphatic rings. The minimum atomic E-state index is -0.0902. The number of benzene rings is 1. The highest BCUT2D eigenvalue weighted by atomic mass is 35.5. The Kier molecular flexibility index (Phi) is 5.43. The first-order valence-electron chi connectivity index (χ1n) is 9.44. The minimum absolute atomic E-state index is 0.0902. The molecule has 1 aromatic carbocycles. The molecule has 1 saturated carbocycles. The summed E-state index contributed by atoms with van der Waals surface area (Å²) in [5.41, 5.74) is 4.04. The highest BCUT2D eigenvalue weighted by Gasteiger charge is 2.29. The van der Waals surface area contributed by atoms with Crippen LogP contribution in [0.5, 0.6) is 0 Å². The zero-order valence-electron chi connectivity index (χ0n) is 15.5. The minimum Gasteiger partial charge on any atom is -0.387 e.